The quantitative estimate of drug-likeness (QED) is 0.719. The molecule has 28 heavy (non-hydrogen) atoms. The first-order valence-electron chi connectivity index (χ1n) is 9.04. The van der Waals surface area contributed by atoms with Crippen molar-refractivity contribution in [2.75, 3.05) is 18.4 Å². The monoisotopic (exact) mass is 402 g/mol. The summed E-state index contributed by atoms with van der Waals surface area (Å²) in [7, 11) is -3.49. The number of hydrogen-bond acceptors (Lipinski definition) is 5. The zero-order valence-corrected chi connectivity index (χ0v) is 16.3. The second-order valence-electron chi connectivity index (χ2n) is 6.54. The van der Waals surface area contributed by atoms with Gasteiger partial charge in [0.15, 0.2) is 12.4 Å². The average Bonchev–Trinajstić information content (AvgIpc) is 3.24. The van der Waals surface area contributed by atoms with Crippen LogP contribution in [0.15, 0.2) is 53.4 Å². The van der Waals surface area contributed by atoms with E-state index in [0.717, 1.165) is 12.8 Å². The fourth-order valence-corrected chi connectivity index (χ4v) is 4.48. The van der Waals surface area contributed by atoms with E-state index in [1.54, 1.807) is 43.3 Å². The number of carbonyl (C=O) groups is 2. The minimum atomic E-state index is -3.49. The third kappa shape index (κ3) is 4.40. The number of ether oxygens (including phenoxy) is 1. The maximum absolute atomic E-state index is 12.5. The highest BCUT2D eigenvalue weighted by Crippen LogP contribution is 2.22. The Labute approximate surface area is 164 Å². The lowest BCUT2D eigenvalue weighted by Crippen LogP contribution is -2.30. The van der Waals surface area contributed by atoms with Gasteiger partial charge >= 0.3 is 0 Å². The summed E-state index contributed by atoms with van der Waals surface area (Å²) in [6, 6.07) is 12.7. The highest BCUT2D eigenvalue weighted by molar-refractivity contribution is 7.89. The van der Waals surface area contributed by atoms with E-state index in [1.165, 1.54) is 16.4 Å². The minimum Gasteiger partial charge on any atom is -0.480 e. The third-order valence-corrected chi connectivity index (χ3v) is 6.46. The first kappa shape index (κ1) is 20.0. The molecule has 0 aliphatic carbocycles. The molecular weight excluding hydrogens is 380 g/mol. The SMILES string of the molecule is C[C@H](Oc1ccccc1C=O)C(=O)Nc1ccc(S(=O)(=O)N2CCCC2)cc1. The number of nitrogens with zero attached hydrogens (tertiary/aromatic N) is 1. The fourth-order valence-electron chi connectivity index (χ4n) is 2.96. The van der Waals surface area contributed by atoms with E-state index in [4.69, 9.17) is 4.74 Å². The van der Waals surface area contributed by atoms with Crippen molar-refractivity contribution in [1.82, 2.24) is 4.31 Å². The zero-order chi connectivity index (χ0) is 20.1. The van der Waals surface area contributed by atoms with Gasteiger partial charge in [0.1, 0.15) is 5.75 Å². The molecule has 2 aromatic carbocycles. The topological polar surface area (TPSA) is 92.8 Å². The predicted molar refractivity (Wildman–Crippen MR) is 105 cm³/mol. The smallest absolute Gasteiger partial charge is 0.265 e. The summed E-state index contributed by atoms with van der Waals surface area (Å²) >= 11 is 0. The lowest BCUT2D eigenvalue weighted by molar-refractivity contribution is -0.122. The van der Waals surface area contributed by atoms with Crippen LogP contribution in [0.3, 0.4) is 0 Å². The van der Waals surface area contributed by atoms with E-state index in [0.29, 0.717) is 36.4 Å². The van der Waals surface area contributed by atoms with Crippen molar-refractivity contribution in [3.63, 3.8) is 0 Å². The maximum atomic E-state index is 12.5. The van der Waals surface area contributed by atoms with Gasteiger partial charge in [-0.25, -0.2) is 8.42 Å². The van der Waals surface area contributed by atoms with Crippen molar-refractivity contribution < 1.29 is 22.7 Å². The summed E-state index contributed by atoms with van der Waals surface area (Å²) in [6.07, 6.45) is 1.57. The van der Waals surface area contributed by atoms with Gasteiger partial charge in [-0.15, -0.1) is 0 Å². The molecule has 1 saturated heterocycles. The molecule has 0 spiro atoms. The molecule has 7 nitrogen and oxygen atoms in total. The summed E-state index contributed by atoms with van der Waals surface area (Å²) in [4.78, 5) is 23.6. The third-order valence-electron chi connectivity index (χ3n) is 4.54. The molecule has 1 amide bonds. The molecule has 0 unspecified atom stereocenters. The van der Waals surface area contributed by atoms with Crippen LogP contribution < -0.4 is 10.1 Å². The van der Waals surface area contributed by atoms with Gasteiger partial charge in [-0.3, -0.25) is 9.59 Å². The van der Waals surface area contributed by atoms with Crippen LogP contribution in [-0.4, -0.2) is 44.1 Å². The Morgan fingerprint density at radius 1 is 1.11 bits per heavy atom. The molecule has 148 valence electrons. The Balaban J connectivity index is 1.64. The number of rotatable bonds is 7. The molecule has 0 saturated carbocycles. The molecule has 0 bridgehead atoms. The number of carbonyl (C=O) groups excluding carboxylic acids is 2. The number of benzene rings is 2. The van der Waals surface area contributed by atoms with Crippen molar-refractivity contribution in [1.29, 1.82) is 0 Å². The summed E-state index contributed by atoms with van der Waals surface area (Å²) in [5.41, 5.74) is 0.822. The van der Waals surface area contributed by atoms with Crippen LogP contribution in [0.25, 0.3) is 0 Å². The Hall–Kier alpha value is -2.71. The van der Waals surface area contributed by atoms with Gasteiger partial charge in [-0.1, -0.05) is 12.1 Å². The molecule has 1 N–H and O–H groups in total. The number of anilines is 1. The highest BCUT2D eigenvalue weighted by atomic mass is 32.2. The van der Waals surface area contributed by atoms with E-state index in [-0.39, 0.29) is 4.90 Å². The largest absolute Gasteiger partial charge is 0.480 e. The molecule has 1 heterocycles. The second kappa shape index (κ2) is 8.53. The Kier molecular flexibility index (Phi) is 6.11. The van der Waals surface area contributed by atoms with Crippen LogP contribution in [0.1, 0.15) is 30.1 Å². The van der Waals surface area contributed by atoms with Crippen molar-refractivity contribution in [3.8, 4) is 5.75 Å². The molecule has 2 aromatic rings. The minimum absolute atomic E-state index is 0.205. The van der Waals surface area contributed by atoms with Crippen molar-refractivity contribution >= 4 is 27.9 Å². The van der Waals surface area contributed by atoms with E-state index in [1.807, 2.05) is 0 Å². The number of nitrogens with one attached hydrogen (secondary N) is 1. The molecule has 1 aliphatic heterocycles. The molecule has 0 aromatic heterocycles. The summed E-state index contributed by atoms with van der Waals surface area (Å²) in [5.74, 6) is -0.0805. The van der Waals surface area contributed by atoms with E-state index >= 15 is 0 Å². The number of amides is 1. The summed E-state index contributed by atoms with van der Waals surface area (Å²) in [6.45, 7) is 2.65. The van der Waals surface area contributed by atoms with Crippen LogP contribution in [0.5, 0.6) is 5.75 Å². The summed E-state index contributed by atoms with van der Waals surface area (Å²) < 4.78 is 32.1. The van der Waals surface area contributed by atoms with Crippen LogP contribution in [0, 0.1) is 0 Å². The molecule has 1 atom stereocenters. The van der Waals surface area contributed by atoms with Gasteiger partial charge in [0.2, 0.25) is 10.0 Å². The number of hydrogen-bond donors (Lipinski definition) is 1. The standard InChI is InChI=1S/C20H22N2O5S/c1-15(27-19-7-3-2-6-16(19)14-23)20(24)21-17-8-10-18(11-9-17)28(25,26)22-12-4-5-13-22/h2-3,6-11,14-15H,4-5,12-13H2,1H3,(H,21,24)/t15-/m0/s1. The Morgan fingerprint density at radius 3 is 2.39 bits per heavy atom. The summed E-state index contributed by atoms with van der Waals surface area (Å²) in [5, 5.41) is 2.69. The first-order chi connectivity index (χ1) is 13.4. The van der Waals surface area contributed by atoms with Gasteiger partial charge in [-0.05, 0) is 56.2 Å². The molecule has 0 radical (unpaired) electrons. The molecule has 8 heteroatoms. The van der Waals surface area contributed by atoms with Crippen molar-refractivity contribution in [2.24, 2.45) is 0 Å². The highest BCUT2D eigenvalue weighted by Gasteiger charge is 2.27. The molecule has 3 rings (SSSR count). The lowest BCUT2D eigenvalue weighted by atomic mass is 10.2. The number of para-hydroxylation sites is 1. The van der Waals surface area contributed by atoms with Crippen LogP contribution in [-0.2, 0) is 14.8 Å². The van der Waals surface area contributed by atoms with Crippen molar-refractivity contribution in [3.05, 3.63) is 54.1 Å². The first-order valence-corrected chi connectivity index (χ1v) is 10.5. The van der Waals surface area contributed by atoms with Crippen molar-refractivity contribution in [2.45, 2.75) is 30.8 Å². The fraction of sp³-hybridized carbons (Fsp3) is 0.300. The number of sulfonamides is 1. The Morgan fingerprint density at radius 2 is 1.75 bits per heavy atom. The number of aldehydes is 1. The lowest BCUT2D eigenvalue weighted by Gasteiger charge is -2.17. The maximum Gasteiger partial charge on any atom is 0.265 e. The van der Waals surface area contributed by atoms with E-state index in [2.05, 4.69) is 5.32 Å². The van der Waals surface area contributed by atoms with Gasteiger partial charge in [0, 0.05) is 18.8 Å². The molecule has 1 fully saturated rings. The Bertz CT molecular complexity index is 951. The molecule has 1 aliphatic rings. The van der Waals surface area contributed by atoms with Crippen LogP contribution in [0.2, 0.25) is 0 Å². The average molecular weight is 402 g/mol. The van der Waals surface area contributed by atoms with Crippen LogP contribution >= 0.6 is 0 Å². The van der Waals surface area contributed by atoms with Gasteiger partial charge in [0.25, 0.3) is 5.91 Å². The van der Waals surface area contributed by atoms with Crippen LogP contribution in [0.4, 0.5) is 5.69 Å². The van der Waals surface area contributed by atoms with Gasteiger partial charge < -0.3 is 10.1 Å². The second-order valence-corrected chi connectivity index (χ2v) is 8.48. The zero-order valence-electron chi connectivity index (χ0n) is 15.5. The molecular formula is C20H22N2O5S. The van der Waals surface area contributed by atoms with E-state index < -0.39 is 22.0 Å². The van der Waals surface area contributed by atoms with E-state index in [9.17, 15) is 18.0 Å². The van der Waals surface area contributed by atoms with Gasteiger partial charge in [0.05, 0.1) is 10.5 Å². The normalized spacial score (nSPS) is 15.8. The van der Waals surface area contributed by atoms with Gasteiger partial charge in [-0.2, -0.15) is 4.31 Å². The predicted octanol–water partition coefficient (Wildman–Crippen LogP) is 2.69.